The molecule has 2 rings (SSSR count). The van der Waals surface area contributed by atoms with Crippen molar-refractivity contribution in [3.63, 3.8) is 0 Å². The number of ether oxygens (including phenoxy) is 1. The second-order valence-corrected chi connectivity index (χ2v) is 5.74. The smallest absolute Gasteiger partial charge is 0.350 e. The summed E-state index contributed by atoms with van der Waals surface area (Å²) < 4.78 is 4.64. The lowest BCUT2D eigenvalue weighted by molar-refractivity contribution is -0.111. The quantitative estimate of drug-likeness (QED) is 0.696. The zero-order chi connectivity index (χ0) is 14.5. The topological polar surface area (TPSA) is 68.3 Å². The first-order chi connectivity index (χ1) is 9.60. The second-order valence-electron chi connectivity index (χ2n) is 3.76. The number of carbonyl (C=O) groups excluding carboxylic acids is 2. The van der Waals surface area contributed by atoms with E-state index >= 15 is 0 Å². The maximum atomic E-state index is 11.7. The van der Waals surface area contributed by atoms with Gasteiger partial charge in [0.2, 0.25) is 5.91 Å². The van der Waals surface area contributed by atoms with Gasteiger partial charge in [0, 0.05) is 11.0 Å². The van der Waals surface area contributed by atoms with Gasteiger partial charge < -0.3 is 4.74 Å². The highest BCUT2D eigenvalue weighted by Crippen LogP contribution is 2.23. The summed E-state index contributed by atoms with van der Waals surface area (Å²) >= 11 is 2.64. The molecular formula is C13H12N2O3S2. The number of rotatable bonds is 4. The molecule has 5 nitrogen and oxygen atoms in total. The molecule has 0 aromatic carbocycles. The zero-order valence-electron chi connectivity index (χ0n) is 10.9. The van der Waals surface area contributed by atoms with Crippen molar-refractivity contribution < 1.29 is 14.3 Å². The van der Waals surface area contributed by atoms with Crippen LogP contribution >= 0.6 is 22.7 Å². The first-order valence-electron chi connectivity index (χ1n) is 5.68. The van der Waals surface area contributed by atoms with Gasteiger partial charge in [-0.3, -0.25) is 10.1 Å². The summed E-state index contributed by atoms with van der Waals surface area (Å²) in [5, 5.41) is 4.94. The average molecular weight is 308 g/mol. The Balaban J connectivity index is 2.03. The molecule has 7 heteroatoms. The van der Waals surface area contributed by atoms with Crippen LogP contribution in [-0.4, -0.2) is 24.0 Å². The Morgan fingerprint density at radius 2 is 2.25 bits per heavy atom. The Kier molecular flexibility index (Phi) is 4.65. The Labute approximate surface area is 123 Å². The van der Waals surface area contributed by atoms with Crippen molar-refractivity contribution in [1.29, 1.82) is 0 Å². The number of hydrogen-bond acceptors (Lipinski definition) is 6. The van der Waals surface area contributed by atoms with Crippen LogP contribution in [0.1, 0.15) is 20.2 Å². The maximum absolute atomic E-state index is 11.7. The summed E-state index contributed by atoms with van der Waals surface area (Å²) in [4.78, 5) is 28.7. The molecule has 0 aliphatic carbocycles. The molecule has 0 radical (unpaired) electrons. The summed E-state index contributed by atoms with van der Waals surface area (Å²) in [6.45, 7) is 1.69. The number of esters is 1. The Morgan fingerprint density at radius 1 is 1.45 bits per heavy atom. The first-order valence-corrected chi connectivity index (χ1v) is 7.38. The predicted molar refractivity (Wildman–Crippen MR) is 80.2 cm³/mol. The summed E-state index contributed by atoms with van der Waals surface area (Å²) in [6.07, 6.45) is 3.15. The number of amides is 1. The van der Waals surface area contributed by atoms with Crippen molar-refractivity contribution in [3.05, 3.63) is 39.0 Å². The summed E-state index contributed by atoms with van der Waals surface area (Å²) in [7, 11) is 1.31. The summed E-state index contributed by atoms with van der Waals surface area (Å²) in [6, 6.07) is 3.83. The number of aromatic nitrogens is 1. The van der Waals surface area contributed by atoms with Gasteiger partial charge in [0.1, 0.15) is 4.88 Å². The van der Waals surface area contributed by atoms with Crippen LogP contribution in [0.25, 0.3) is 6.08 Å². The molecule has 0 atom stereocenters. The van der Waals surface area contributed by atoms with Crippen LogP contribution in [0.2, 0.25) is 0 Å². The minimum Gasteiger partial charge on any atom is -0.465 e. The van der Waals surface area contributed by atoms with Gasteiger partial charge in [-0.15, -0.1) is 11.3 Å². The van der Waals surface area contributed by atoms with Crippen molar-refractivity contribution in [2.45, 2.75) is 6.92 Å². The van der Waals surface area contributed by atoms with Crippen LogP contribution in [0.15, 0.2) is 23.6 Å². The highest BCUT2D eigenvalue weighted by molar-refractivity contribution is 7.17. The molecule has 1 amide bonds. The molecule has 0 aliphatic heterocycles. The predicted octanol–water partition coefficient (Wildman–Crippen LogP) is 2.95. The van der Waals surface area contributed by atoms with Crippen LogP contribution in [0.4, 0.5) is 5.13 Å². The van der Waals surface area contributed by atoms with Gasteiger partial charge in [-0.05, 0) is 24.4 Å². The number of nitrogens with zero attached hydrogens (tertiary/aromatic N) is 1. The van der Waals surface area contributed by atoms with E-state index in [9.17, 15) is 9.59 Å². The third kappa shape index (κ3) is 3.52. The van der Waals surface area contributed by atoms with Crippen LogP contribution in [0, 0.1) is 6.92 Å². The minimum atomic E-state index is -0.449. The Morgan fingerprint density at radius 3 is 2.90 bits per heavy atom. The molecule has 1 N–H and O–H groups in total. The van der Waals surface area contributed by atoms with Gasteiger partial charge in [-0.25, -0.2) is 9.78 Å². The minimum absolute atomic E-state index is 0.288. The Bertz CT molecular complexity index is 645. The van der Waals surface area contributed by atoms with Gasteiger partial charge in [0.25, 0.3) is 0 Å². The number of carbonyl (C=O) groups is 2. The fraction of sp³-hybridized carbons (Fsp3) is 0.154. The van der Waals surface area contributed by atoms with Crippen molar-refractivity contribution in [2.75, 3.05) is 12.4 Å². The summed E-state index contributed by atoms with van der Waals surface area (Å²) in [5.74, 6) is -0.738. The number of thiazole rings is 1. The summed E-state index contributed by atoms with van der Waals surface area (Å²) in [5.41, 5.74) is 0.541. The van der Waals surface area contributed by atoms with Gasteiger partial charge in [0.15, 0.2) is 5.13 Å². The van der Waals surface area contributed by atoms with Gasteiger partial charge in [-0.2, -0.15) is 0 Å². The third-order valence-electron chi connectivity index (χ3n) is 2.34. The van der Waals surface area contributed by atoms with Crippen molar-refractivity contribution in [3.8, 4) is 0 Å². The van der Waals surface area contributed by atoms with E-state index in [-0.39, 0.29) is 5.91 Å². The normalized spacial score (nSPS) is 10.7. The van der Waals surface area contributed by atoms with E-state index in [0.29, 0.717) is 15.7 Å². The largest absolute Gasteiger partial charge is 0.465 e. The van der Waals surface area contributed by atoms with Crippen LogP contribution < -0.4 is 5.32 Å². The highest BCUT2D eigenvalue weighted by Gasteiger charge is 2.16. The molecular weight excluding hydrogens is 296 g/mol. The third-order valence-corrected chi connectivity index (χ3v) is 4.23. The number of hydrogen-bond donors (Lipinski definition) is 1. The lowest BCUT2D eigenvalue weighted by atomic mass is 10.4. The lowest BCUT2D eigenvalue weighted by Gasteiger charge is -1.95. The highest BCUT2D eigenvalue weighted by atomic mass is 32.1. The van der Waals surface area contributed by atoms with Crippen molar-refractivity contribution in [2.24, 2.45) is 0 Å². The number of aryl methyl sites for hydroxylation is 1. The molecule has 104 valence electrons. The monoisotopic (exact) mass is 308 g/mol. The van der Waals surface area contributed by atoms with E-state index in [4.69, 9.17) is 0 Å². The fourth-order valence-corrected chi connectivity index (χ4v) is 2.93. The van der Waals surface area contributed by atoms with Crippen LogP contribution in [-0.2, 0) is 9.53 Å². The van der Waals surface area contributed by atoms with Gasteiger partial charge in [-0.1, -0.05) is 17.4 Å². The molecule has 20 heavy (non-hydrogen) atoms. The van der Waals surface area contributed by atoms with E-state index in [1.54, 1.807) is 24.3 Å². The maximum Gasteiger partial charge on any atom is 0.350 e. The second kappa shape index (κ2) is 6.44. The Hall–Kier alpha value is -1.99. The van der Waals surface area contributed by atoms with Crippen molar-refractivity contribution >= 4 is 45.8 Å². The average Bonchev–Trinajstić information content (AvgIpc) is 3.05. The van der Waals surface area contributed by atoms with Gasteiger partial charge >= 0.3 is 5.97 Å². The molecule has 0 saturated heterocycles. The van der Waals surface area contributed by atoms with Crippen LogP contribution in [0.3, 0.4) is 0 Å². The number of thiophene rings is 1. The number of nitrogens with one attached hydrogen (secondary N) is 1. The number of anilines is 1. The molecule has 0 bridgehead atoms. The molecule has 2 aromatic heterocycles. The zero-order valence-corrected chi connectivity index (χ0v) is 12.5. The molecule has 0 spiro atoms. The standard InChI is InChI=1S/C13H12N2O3S2/c1-8-11(12(17)18-2)20-13(14-8)15-10(16)6-5-9-4-3-7-19-9/h3-7H,1-2H3,(H,14,15,16). The molecule has 0 unspecified atom stereocenters. The number of methoxy groups -OCH3 is 1. The van der Waals surface area contributed by atoms with E-state index < -0.39 is 5.97 Å². The molecule has 0 aliphatic rings. The molecule has 0 fully saturated rings. The van der Waals surface area contributed by atoms with Crippen LogP contribution in [0.5, 0.6) is 0 Å². The first kappa shape index (κ1) is 14.4. The molecule has 2 heterocycles. The van der Waals surface area contributed by atoms with E-state index in [0.717, 1.165) is 16.2 Å². The van der Waals surface area contributed by atoms with E-state index in [2.05, 4.69) is 15.0 Å². The molecule has 0 saturated carbocycles. The van der Waals surface area contributed by atoms with E-state index in [1.165, 1.54) is 13.2 Å². The van der Waals surface area contributed by atoms with Crippen molar-refractivity contribution in [1.82, 2.24) is 4.98 Å². The van der Waals surface area contributed by atoms with E-state index in [1.807, 2.05) is 17.5 Å². The lowest BCUT2D eigenvalue weighted by Crippen LogP contribution is -2.07. The SMILES string of the molecule is COC(=O)c1sc(NC(=O)C=Cc2cccs2)nc1C. The molecule has 2 aromatic rings. The fourth-order valence-electron chi connectivity index (χ4n) is 1.42. The van der Waals surface area contributed by atoms with Gasteiger partial charge in [0.05, 0.1) is 12.8 Å².